The predicted molar refractivity (Wildman–Crippen MR) is 110 cm³/mol. The average Bonchev–Trinajstić information content (AvgIpc) is 3.06. The Morgan fingerprint density at radius 1 is 1.04 bits per heavy atom. The van der Waals surface area contributed by atoms with Gasteiger partial charge in [-0.1, -0.05) is 57.9 Å². The molecular weight excluding hydrogens is 428 g/mol. The van der Waals surface area contributed by atoms with E-state index < -0.39 is 0 Å². The number of aryl methyl sites for hydroxylation is 1. The summed E-state index contributed by atoms with van der Waals surface area (Å²) in [6.07, 6.45) is 1.51. The van der Waals surface area contributed by atoms with Crippen molar-refractivity contribution in [3.63, 3.8) is 0 Å². The molecule has 4 rings (SSSR count). The summed E-state index contributed by atoms with van der Waals surface area (Å²) in [6, 6.07) is 19.0. The van der Waals surface area contributed by atoms with Gasteiger partial charge in [0.1, 0.15) is 5.15 Å². The zero-order valence-electron chi connectivity index (χ0n) is 14.3. The van der Waals surface area contributed by atoms with Crippen LogP contribution in [0.3, 0.4) is 0 Å². The maximum Gasteiger partial charge on any atom is 0.300 e. The normalized spacial score (nSPS) is 10.9. The van der Waals surface area contributed by atoms with E-state index >= 15 is 0 Å². The smallest absolute Gasteiger partial charge is 0.278 e. The average molecular weight is 442 g/mol. The fraction of sp³-hybridized carbons (Fsp3) is 0.0500. The molecule has 27 heavy (non-hydrogen) atoms. The summed E-state index contributed by atoms with van der Waals surface area (Å²) >= 11 is 9.67. The van der Waals surface area contributed by atoms with Gasteiger partial charge < -0.3 is 0 Å². The number of nitrogens with zero attached hydrogens (tertiary/aromatic N) is 4. The summed E-state index contributed by atoms with van der Waals surface area (Å²) in [5, 5.41) is 4.70. The molecule has 2 aromatic carbocycles. The first-order valence-corrected chi connectivity index (χ1v) is 9.37. The highest BCUT2D eigenvalue weighted by molar-refractivity contribution is 9.10. The Morgan fingerprint density at radius 3 is 2.44 bits per heavy atom. The maximum atomic E-state index is 13.1. The van der Waals surface area contributed by atoms with Crippen LogP contribution in [-0.4, -0.2) is 19.3 Å². The molecule has 0 fully saturated rings. The van der Waals surface area contributed by atoms with Gasteiger partial charge in [-0.3, -0.25) is 9.36 Å². The van der Waals surface area contributed by atoms with Gasteiger partial charge >= 0.3 is 0 Å². The molecule has 134 valence electrons. The third-order valence-electron chi connectivity index (χ3n) is 4.06. The van der Waals surface area contributed by atoms with Crippen molar-refractivity contribution in [3.8, 4) is 22.8 Å². The molecule has 0 spiro atoms. The van der Waals surface area contributed by atoms with Crippen LogP contribution in [0.25, 0.3) is 22.8 Å². The van der Waals surface area contributed by atoms with Gasteiger partial charge in [-0.2, -0.15) is 5.10 Å². The number of rotatable bonds is 3. The lowest BCUT2D eigenvalue weighted by Gasteiger charge is -2.11. The van der Waals surface area contributed by atoms with Gasteiger partial charge in [0.2, 0.25) is 5.82 Å². The largest absolute Gasteiger partial charge is 0.300 e. The molecule has 0 bridgehead atoms. The highest BCUT2D eigenvalue weighted by Gasteiger charge is 2.17. The van der Waals surface area contributed by atoms with Crippen LogP contribution in [0.15, 0.2) is 76.1 Å². The van der Waals surface area contributed by atoms with Crippen LogP contribution in [0.2, 0.25) is 5.15 Å². The zero-order chi connectivity index (χ0) is 19.0. The van der Waals surface area contributed by atoms with Crippen molar-refractivity contribution >= 4 is 27.5 Å². The van der Waals surface area contributed by atoms with Crippen LogP contribution in [0.1, 0.15) is 5.69 Å². The number of halogens is 2. The van der Waals surface area contributed by atoms with Gasteiger partial charge in [-0.05, 0) is 37.3 Å². The van der Waals surface area contributed by atoms with Gasteiger partial charge in [0, 0.05) is 15.7 Å². The highest BCUT2D eigenvalue weighted by atomic mass is 79.9. The minimum Gasteiger partial charge on any atom is -0.278 e. The molecule has 0 atom stereocenters. The molecule has 0 aliphatic rings. The Hall–Kier alpha value is -2.70. The molecule has 7 heteroatoms. The van der Waals surface area contributed by atoms with Crippen molar-refractivity contribution in [3.05, 3.63) is 92.5 Å². The molecule has 0 aliphatic heterocycles. The van der Waals surface area contributed by atoms with Crippen LogP contribution in [0.4, 0.5) is 0 Å². The lowest BCUT2D eigenvalue weighted by Crippen LogP contribution is -2.25. The molecular formula is C20H14BrClN4O. The quantitative estimate of drug-likeness (QED) is 0.458. The maximum absolute atomic E-state index is 13.1. The summed E-state index contributed by atoms with van der Waals surface area (Å²) in [6.45, 7) is 1.87. The van der Waals surface area contributed by atoms with E-state index in [0.29, 0.717) is 5.69 Å². The molecule has 0 saturated carbocycles. The standard InChI is InChI=1S/C20H14BrClN4O/c1-13-11-17(14-7-9-15(21)10-8-14)26(24-13)19-20(27)25(12-18(22)23-19)16-5-3-2-4-6-16/h2-12H,1H3. The number of hydrogen-bond donors (Lipinski definition) is 0. The van der Waals surface area contributed by atoms with Crippen LogP contribution in [0.5, 0.6) is 0 Å². The van der Waals surface area contributed by atoms with Gasteiger partial charge in [-0.15, -0.1) is 0 Å². The van der Waals surface area contributed by atoms with Crippen molar-refractivity contribution in [2.45, 2.75) is 6.92 Å². The van der Waals surface area contributed by atoms with E-state index in [9.17, 15) is 4.79 Å². The van der Waals surface area contributed by atoms with E-state index in [1.165, 1.54) is 10.8 Å². The fourth-order valence-electron chi connectivity index (χ4n) is 2.86. The molecule has 0 aliphatic carbocycles. The van der Waals surface area contributed by atoms with E-state index in [2.05, 4.69) is 26.0 Å². The van der Waals surface area contributed by atoms with Crippen molar-refractivity contribution in [2.75, 3.05) is 0 Å². The first kappa shape index (κ1) is 17.7. The number of benzene rings is 2. The Bertz CT molecular complexity index is 1170. The second-order valence-corrected chi connectivity index (χ2v) is 7.29. The van der Waals surface area contributed by atoms with Gasteiger partial charge in [0.25, 0.3) is 5.56 Å². The Kier molecular flexibility index (Phi) is 4.68. The lowest BCUT2D eigenvalue weighted by molar-refractivity contribution is 0.798. The Morgan fingerprint density at radius 2 is 1.74 bits per heavy atom. The van der Waals surface area contributed by atoms with Crippen molar-refractivity contribution in [1.29, 1.82) is 0 Å². The summed E-state index contributed by atoms with van der Waals surface area (Å²) in [5.74, 6) is 0.150. The van der Waals surface area contributed by atoms with Crippen LogP contribution in [-0.2, 0) is 0 Å². The molecule has 0 saturated heterocycles. The lowest BCUT2D eigenvalue weighted by atomic mass is 10.1. The van der Waals surface area contributed by atoms with E-state index in [1.807, 2.05) is 67.6 Å². The van der Waals surface area contributed by atoms with Gasteiger partial charge in [-0.25, -0.2) is 9.67 Å². The number of aromatic nitrogens is 4. The first-order valence-electron chi connectivity index (χ1n) is 8.20. The molecule has 0 radical (unpaired) electrons. The summed E-state index contributed by atoms with van der Waals surface area (Å²) in [4.78, 5) is 17.4. The fourth-order valence-corrected chi connectivity index (χ4v) is 3.30. The summed E-state index contributed by atoms with van der Waals surface area (Å²) in [5.41, 5.74) is 2.88. The second kappa shape index (κ2) is 7.13. The topological polar surface area (TPSA) is 52.7 Å². The Labute approximate surface area is 169 Å². The van der Waals surface area contributed by atoms with E-state index in [4.69, 9.17) is 11.6 Å². The molecule has 0 amide bonds. The van der Waals surface area contributed by atoms with E-state index in [0.717, 1.165) is 21.4 Å². The van der Waals surface area contributed by atoms with Gasteiger partial charge in [0.15, 0.2) is 0 Å². The minimum atomic E-state index is -0.299. The molecule has 4 aromatic rings. The second-order valence-electron chi connectivity index (χ2n) is 5.99. The molecule has 0 unspecified atom stereocenters. The van der Waals surface area contributed by atoms with Crippen molar-refractivity contribution in [2.24, 2.45) is 0 Å². The third-order valence-corrected chi connectivity index (χ3v) is 4.78. The highest BCUT2D eigenvalue weighted by Crippen LogP contribution is 2.24. The number of hydrogen-bond acceptors (Lipinski definition) is 3. The van der Waals surface area contributed by atoms with Gasteiger partial charge in [0.05, 0.1) is 17.6 Å². The zero-order valence-corrected chi connectivity index (χ0v) is 16.6. The molecule has 2 aromatic heterocycles. The monoisotopic (exact) mass is 440 g/mol. The van der Waals surface area contributed by atoms with Crippen LogP contribution < -0.4 is 5.56 Å². The summed E-state index contributed by atoms with van der Waals surface area (Å²) < 4.78 is 4.00. The minimum absolute atomic E-state index is 0.150. The predicted octanol–water partition coefficient (Wildman–Crippen LogP) is 4.81. The van der Waals surface area contributed by atoms with E-state index in [-0.39, 0.29) is 16.5 Å². The number of para-hydroxylation sites is 1. The molecule has 5 nitrogen and oxygen atoms in total. The Balaban J connectivity index is 1.94. The summed E-state index contributed by atoms with van der Waals surface area (Å²) in [7, 11) is 0. The van der Waals surface area contributed by atoms with Crippen molar-refractivity contribution in [1.82, 2.24) is 19.3 Å². The molecule has 0 N–H and O–H groups in total. The van der Waals surface area contributed by atoms with E-state index in [1.54, 1.807) is 4.68 Å². The molecule has 2 heterocycles. The van der Waals surface area contributed by atoms with Crippen molar-refractivity contribution < 1.29 is 0 Å². The van der Waals surface area contributed by atoms with Crippen LogP contribution >= 0.6 is 27.5 Å². The first-order chi connectivity index (χ1) is 13.0. The SMILES string of the molecule is Cc1cc(-c2ccc(Br)cc2)n(-c2nc(Cl)cn(-c3ccccc3)c2=O)n1. The van der Waals surface area contributed by atoms with Crippen LogP contribution in [0, 0.1) is 6.92 Å². The third kappa shape index (κ3) is 3.46.